The molecule has 0 radical (unpaired) electrons. The summed E-state index contributed by atoms with van der Waals surface area (Å²) >= 11 is 0. The molecule has 3 amide bonds. The third-order valence-electron chi connectivity index (χ3n) is 14.4. The third kappa shape index (κ3) is 20.7. The molecule has 458 valence electrons. The molecule has 4 aromatic rings. The quantitative estimate of drug-likeness (QED) is 0.0224. The van der Waals surface area contributed by atoms with Gasteiger partial charge in [0.05, 0.1) is 43.7 Å². The van der Waals surface area contributed by atoms with Gasteiger partial charge in [-0.2, -0.15) is 5.10 Å². The van der Waals surface area contributed by atoms with E-state index in [1.807, 2.05) is 39.0 Å². The number of aromatic amines is 1. The molecule has 3 fully saturated rings. The number of allylic oxidation sites excluding steroid dienone is 1. The molecule has 0 spiro atoms. The molecule has 7 rings (SSSR count). The number of halogens is 2. The van der Waals surface area contributed by atoms with E-state index in [9.17, 15) is 50.1 Å². The Morgan fingerprint density at radius 2 is 1.46 bits per heavy atom. The van der Waals surface area contributed by atoms with Crippen molar-refractivity contribution in [2.75, 3.05) is 31.7 Å². The highest BCUT2D eigenvalue weighted by molar-refractivity contribution is 6.03. The summed E-state index contributed by atoms with van der Waals surface area (Å²) in [6, 6.07) is 3.22. The van der Waals surface area contributed by atoms with E-state index in [1.54, 1.807) is 12.4 Å². The van der Waals surface area contributed by atoms with E-state index in [1.165, 1.54) is 99.8 Å². The van der Waals surface area contributed by atoms with Gasteiger partial charge in [0, 0.05) is 25.4 Å². The molecule has 3 aliphatic heterocycles. The van der Waals surface area contributed by atoms with Gasteiger partial charge in [0.1, 0.15) is 54.7 Å². The van der Waals surface area contributed by atoms with Gasteiger partial charge >= 0.3 is 1.43 Å². The number of ether oxygens (including phenoxy) is 2. The number of unbranched alkanes of at least 4 members (excludes halogenated alkanes) is 12. The number of carbonyl (C=O) groups excluding carboxylic acids is 3. The number of hydrogen-bond acceptors (Lipinski definition) is 21. The molecule has 3 aliphatic rings. The lowest BCUT2D eigenvalue weighted by molar-refractivity contribution is -0.138. The number of carbonyl (C=O) groups is 3. The Morgan fingerprint density at radius 3 is 1.96 bits per heavy atom. The molecule has 25 nitrogen and oxygen atoms in total. The topological polar surface area (TPSA) is 413 Å². The number of aliphatic hydroxyl groups is 8. The van der Waals surface area contributed by atoms with Crippen molar-refractivity contribution in [2.45, 2.75) is 203 Å². The van der Waals surface area contributed by atoms with E-state index in [0.717, 1.165) is 18.4 Å². The fourth-order valence-corrected chi connectivity index (χ4v) is 9.42. The maximum atomic E-state index is 12.0. The highest BCUT2D eigenvalue weighted by Crippen LogP contribution is 2.38. The van der Waals surface area contributed by atoms with E-state index in [0.29, 0.717) is 42.8 Å². The van der Waals surface area contributed by atoms with Crippen LogP contribution in [-0.4, -0.2) is 174 Å². The van der Waals surface area contributed by atoms with Crippen LogP contribution in [0.4, 0.5) is 5.82 Å². The van der Waals surface area contributed by atoms with E-state index in [4.69, 9.17) is 31.2 Å². The molecule has 27 heteroatoms. The maximum Gasteiger partial charge on any atom is 1.00 e. The summed E-state index contributed by atoms with van der Waals surface area (Å²) in [6.07, 6.45) is 18.5. The number of aromatic nitrogens is 7. The molecule has 0 bridgehead atoms. The van der Waals surface area contributed by atoms with Crippen LogP contribution in [-0.2, 0) is 24.5 Å². The van der Waals surface area contributed by atoms with Crippen LogP contribution in [0.15, 0.2) is 48.8 Å². The van der Waals surface area contributed by atoms with Crippen LogP contribution in [0.2, 0.25) is 0 Å². The number of primary amides is 1. The normalized spacial score (nSPS) is 23.7. The van der Waals surface area contributed by atoms with Gasteiger partial charge in [-0.05, 0) is 50.8 Å². The summed E-state index contributed by atoms with van der Waals surface area (Å²) < 4.78 is 12.2. The van der Waals surface area contributed by atoms with Gasteiger partial charge in [-0.3, -0.25) is 34.4 Å². The molecule has 1 unspecified atom stereocenters. The van der Waals surface area contributed by atoms with Crippen molar-refractivity contribution in [1.82, 2.24) is 40.0 Å². The summed E-state index contributed by atoms with van der Waals surface area (Å²) in [4.78, 5) is 50.7. The number of fused-ring (bicyclic) bond motifs is 1. The molecular weight excluding hydrogens is 1100 g/mol. The Bertz CT molecular complexity index is 2480. The number of H-pyrrole nitrogens is 1. The number of nitrogens with one attached hydrogen (secondary N) is 3. The average molecular weight is 1190 g/mol. The smallest absolute Gasteiger partial charge is 1.00 e. The largest absolute Gasteiger partial charge is 1.00 e. The Labute approximate surface area is 487 Å². The second kappa shape index (κ2) is 37.3. The maximum absolute atomic E-state index is 12.0. The van der Waals surface area contributed by atoms with Crippen molar-refractivity contribution in [3.63, 3.8) is 0 Å². The highest BCUT2D eigenvalue weighted by atomic mass is 35.5. The van der Waals surface area contributed by atoms with Crippen LogP contribution in [0, 0.1) is 0 Å². The van der Waals surface area contributed by atoms with Crippen LogP contribution in [0.5, 0.6) is 5.75 Å². The Morgan fingerprint density at radius 1 is 0.877 bits per heavy atom. The molecule has 0 aliphatic carbocycles. The number of rotatable bonds is 26. The lowest BCUT2D eigenvalue weighted by atomic mass is 9.72. The van der Waals surface area contributed by atoms with Gasteiger partial charge in [-0.1, -0.05) is 109 Å². The van der Waals surface area contributed by atoms with Crippen LogP contribution < -0.4 is 34.5 Å². The lowest BCUT2D eigenvalue weighted by Crippen LogP contribution is -3.00. The monoisotopic (exact) mass is 1190 g/mol. The van der Waals surface area contributed by atoms with Gasteiger partial charge in [-0.25, -0.2) is 15.0 Å². The van der Waals surface area contributed by atoms with E-state index >= 15 is 0 Å². The van der Waals surface area contributed by atoms with E-state index < -0.39 is 84.8 Å². The fraction of sp³-hybridized carbons (Fsp3) is 0.667. The number of pyridine rings is 1. The van der Waals surface area contributed by atoms with Crippen LogP contribution in [0.25, 0.3) is 11.2 Å². The van der Waals surface area contributed by atoms with Gasteiger partial charge in [-0.15, -0.1) is 12.4 Å². The first-order valence-electron chi connectivity index (χ1n) is 27.6. The van der Waals surface area contributed by atoms with Gasteiger partial charge in [0.2, 0.25) is 11.8 Å². The van der Waals surface area contributed by atoms with Crippen molar-refractivity contribution in [3.8, 4) is 5.75 Å². The zero-order valence-corrected chi connectivity index (χ0v) is 48.4. The lowest BCUT2D eigenvalue weighted by Gasteiger charge is -2.34. The summed E-state index contributed by atoms with van der Waals surface area (Å²) in [7, 11) is 0. The highest BCUT2D eigenvalue weighted by Gasteiger charge is 2.47. The summed E-state index contributed by atoms with van der Waals surface area (Å²) in [5.74, 6) is -1.25. The predicted molar refractivity (Wildman–Crippen MR) is 300 cm³/mol. The van der Waals surface area contributed by atoms with Crippen LogP contribution in [0.1, 0.15) is 172 Å². The van der Waals surface area contributed by atoms with Crippen molar-refractivity contribution < 1.29 is 83.6 Å². The minimum atomic E-state index is -1.38. The number of aromatic hydroxyl groups is 1. The average Bonchev–Trinajstić information content (AvgIpc) is 4.38. The first-order chi connectivity index (χ1) is 37.9. The molecule has 11 atom stereocenters. The molecule has 0 aromatic carbocycles. The van der Waals surface area contributed by atoms with Crippen LogP contribution in [0.3, 0.4) is 0 Å². The summed E-state index contributed by atoms with van der Waals surface area (Å²) in [5, 5.41) is 97.0. The van der Waals surface area contributed by atoms with E-state index in [-0.39, 0.29) is 62.7 Å². The van der Waals surface area contributed by atoms with Crippen molar-refractivity contribution in [3.05, 3.63) is 65.8 Å². The second-order valence-electron chi connectivity index (χ2n) is 20.4. The zero-order valence-electron chi connectivity index (χ0n) is 47.9. The number of nitrogens with two attached hydrogens (primary N) is 2. The molecule has 0 saturated carbocycles. The summed E-state index contributed by atoms with van der Waals surface area (Å²) in [5.41, 5.74) is 12.7. The first kappa shape index (κ1) is 72.1. The number of nitrogens with zero attached hydrogens (tertiary/aromatic N) is 6. The number of anilines is 1. The van der Waals surface area contributed by atoms with Gasteiger partial charge in [0.25, 0.3) is 5.91 Å². The SMILES string of the molecule is CC(C)=CCNc1ncnc2c1ncn2[C@@H]1O[C@H](CO)[C@@H](O)[C@H]1O.CCC1(c2ccncc2)CCC(=O)NC1=O.CCCCCCCCCCCCCCC[C@H](O)[C@@H](N)CO.Cl.NC(=O)c1[nH]nc([C@@H]2O[C@H](CO)[C@@H](O)[C@H]2O)c1O.[Cl-].[H+]. The second-order valence-corrected chi connectivity index (χ2v) is 20.4. The Kier molecular flexibility index (Phi) is 33.2. The molecule has 3 saturated heterocycles. The van der Waals surface area contributed by atoms with E-state index in [2.05, 4.69) is 47.7 Å². The molecule has 81 heavy (non-hydrogen) atoms. The van der Waals surface area contributed by atoms with Crippen molar-refractivity contribution in [2.24, 2.45) is 11.5 Å². The third-order valence-corrected chi connectivity index (χ3v) is 14.4. The van der Waals surface area contributed by atoms with Gasteiger partial charge in [0.15, 0.2) is 34.7 Å². The fourth-order valence-electron chi connectivity index (χ4n) is 9.42. The molecule has 4 aromatic heterocycles. The molecule has 7 heterocycles. The number of hydrogen-bond donors (Lipinski definition) is 14. The van der Waals surface area contributed by atoms with Crippen molar-refractivity contribution in [1.29, 1.82) is 0 Å². The standard InChI is InChI=1S/C18H39NO2.C15H21N5O4.C12H14N2O2.C9H13N3O6.2ClH/c1-2-3-4-5-6-7-8-9-10-11-12-13-14-15-18(21)17(19)16-20;1-8(2)3-4-16-13-10-14(18-6-17-13)20(7-19-10)15-12(23)11(22)9(5-21)24-15;1-2-12(9-4-7-13-8-5-9)6-3-10(15)14-11(12)16;10-9(17)4-6(15)3(11-12-4)8-7(16)5(14)2(1-13)18-8;;/h17-18,20-21H,2-16,19H2,1H3;3,6-7,9,11-12,15,21-23H,4-5H2,1-2H3,(H,16,17,18);4-5,7-8H,2-3,6H2,1H3,(H,14,15,16);2,5,7-8,13-16H,1H2,(H2,10,17)(H,11,12);2*1H/t17-,18-;9-,11-,12-,15-;;2-,5-,7-,8+;;/m01.1../s1. The van der Waals surface area contributed by atoms with Gasteiger partial charge < -0.3 is 84.6 Å². The number of imidazole rings is 1. The number of imide groups is 1. The number of piperidine rings is 1. The minimum Gasteiger partial charge on any atom is -1.00 e. The zero-order chi connectivity index (χ0) is 58.1. The minimum absolute atomic E-state index is 0. The summed E-state index contributed by atoms with van der Waals surface area (Å²) in [6.45, 7) is 7.85. The van der Waals surface area contributed by atoms with Crippen LogP contribution >= 0.6 is 12.4 Å². The number of aliphatic hydroxyl groups excluding tert-OH is 8. The molecular formula is C54H89Cl2N11O14. The Hall–Kier alpha value is -5.00. The predicted octanol–water partition coefficient (Wildman–Crippen LogP) is 0.0366. The van der Waals surface area contributed by atoms with Crippen molar-refractivity contribution >= 4 is 47.1 Å². The Balaban J connectivity index is 0.000000546. The first-order valence-corrected chi connectivity index (χ1v) is 27.6. The number of amides is 3. The molecule has 16 N–H and O–H groups in total.